The van der Waals surface area contributed by atoms with E-state index in [0.29, 0.717) is 22.5 Å². The van der Waals surface area contributed by atoms with Crippen LogP contribution in [0, 0.1) is 11.3 Å². The quantitative estimate of drug-likeness (QED) is 0.408. The van der Waals surface area contributed by atoms with E-state index in [9.17, 15) is 18.5 Å². The molecule has 5 rings (SSSR count). The molecule has 12 nitrogen and oxygen atoms in total. The summed E-state index contributed by atoms with van der Waals surface area (Å²) in [4.78, 5) is 23.5. The second-order valence-corrected chi connectivity index (χ2v) is 10.9. The Morgan fingerprint density at radius 1 is 1.31 bits per heavy atom. The van der Waals surface area contributed by atoms with Gasteiger partial charge in [0.05, 0.1) is 22.6 Å². The number of nitrogens with one attached hydrogen (secondary N) is 1. The van der Waals surface area contributed by atoms with Crippen molar-refractivity contribution in [2.24, 2.45) is 0 Å². The third kappa shape index (κ3) is 3.90. The first-order valence-electron chi connectivity index (χ1n) is 10.6. The standard InChI is InChI=1S/C21H20ClN9O3S/c1-12(27-20(32)16-18(24)28-31-4-2-3-25-19(16)31)13-9-14(22)17-15(10-23)26-11-30(17)21(13)29-5-7-35(33,34)8-6-29/h2-4,9,11-12H,5-8H2,1H3,(H2,24,28)(H,27,32). The van der Waals surface area contributed by atoms with Gasteiger partial charge in [-0.3, -0.25) is 9.20 Å². The Kier molecular flexibility index (Phi) is 5.49. The summed E-state index contributed by atoms with van der Waals surface area (Å²) in [6.45, 7) is 2.27. The molecular weight excluding hydrogens is 494 g/mol. The van der Waals surface area contributed by atoms with E-state index in [4.69, 9.17) is 17.3 Å². The van der Waals surface area contributed by atoms with Gasteiger partial charge < -0.3 is 16.0 Å². The highest BCUT2D eigenvalue weighted by Gasteiger charge is 2.29. The number of imidazole rings is 1. The van der Waals surface area contributed by atoms with Crippen molar-refractivity contribution < 1.29 is 13.2 Å². The molecule has 1 fully saturated rings. The molecule has 35 heavy (non-hydrogen) atoms. The zero-order chi connectivity index (χ0) is 24.9. The van der Waals surface area contributed by atoms with E-state index in [1.54, 1.807) is 35.9 Å². The first kappa shape index (κ1) is 22.9. The number of aromatic nitrogens is 5. The Labute approximate surface area is 204 Å². The molecule has 3 N–H and O–H groups in total. The summed E-state index contributed by atoms with van der Waals surface area (Å²) in [5.41, 5.74) is 7.64. The summed E-state index contributed by atoms with van der Waals surface area (Å²) >= 11 is 6.54. The summed E-state index contributed by atoms with van der Waals surface area (Å²) in [6, 6.07) is 4.79. The summed E-state index contributed by atoms with van der Waals surface area (Å²) in [7, 11) is -3.14. The number of pyridine rings is 1. The highest BCUT2D eigenvalue weighted by molar-refractivity contribution is 7.91. The number of hydrogen-bond donors (Lipinski definition) is 2. The largest absolute Gasteiger partial charge is 0.381 e. The van der Waals surface area contributed by atoms with Crippen molar-refractivity contribution in [3.8, 4) is 6.07 Å². The Morgan fingerprint density at radius 3 is 2.77 bits per heavy atom. The van der Waals surface area contributed by atoms with Gasteiger partial charge in [0.25, 0.3) is 5.91 Å². The predicted octanol–water partition coefficient (Wildman–Crippen LogP) is 1.21. The Morgan fingerprint density at radius 2 is 2.06 bits per heavy atom. The van der Waals surface area contributed by atoms with Crippen molar-refractivity contribution in [1.82, 2.24) is 29.3 Å². The van der Waals surface area contributed by atoms with E-state index >= 15 is 0 Å². The van der Waals surface area contributed by atoms with Crippen molar-refractivity contribution >= 4 is 50.1 Å². The van der Waals surface area contributed by atoms with Gasteiger partial charge in [-0.1, -0.05) is 11.6 Å². The molecule has 0 saturated carbocycles. The highest BCUT2D eigenvalue weighted by Crippen LogP contribution is 2.35. The normalized spacial score (nSPS) is 16.3. The number of nitrogen functional groups attached to an aromatic ring is 1. The van der Waals surface area contributed by atoms with Gasteiger partial charge in [-0.25, -0.2) is 22.9 Å². The summed E-state index contributed by atoms with van der Waals surface area (Å²) in [6.07, 6.45) is 4.66. The van der Waals surface area contributed by atoms with Gasteiger partial charge in [-0.15, -0.1) is 5.10 Å². The maximum absolute atomic E-state index is 13.2. The number of carbonyl (C=O) groups excluding carboxylic acids is 1. The van der Waals surface area contributed by atoms with Crippen LogP contribution in [0.4, 0.5) is 11.6 Å². The third-order valence-electron chi connectivity index (χ3n) is 5.98. The fourth-order valence-electron chi connectivity index (χ4n) is 4.27. The van der Waals surface area contributed by atoms with Crippen molar-refractivity contribution in [3.05, 3.63) is 52.7 Å². The van der Waals surface area contributed by atoms with Crippen LogP contribution in [0.2, 0.25) is 5.02 Å². The maximum Gasteiger partial charge on any atom is 0.259 e. The zero-order valence-corrected chi connectivity index (χ0v) is 20.1. The number of rotatable bonds is 4. The fourth-order valence-corrected chi connectivity index (χ4v) is 5.77. The molecule has 1 aliphatic heterocycles. The Bertz CT molecular complexity index is 1620. The molecule has 1 atom stereocenters. The lowest BCUT2D eigenvalue weighted by Gasteiger charge is -2.32. The number of nitrogens with two attached hydrogens (primary N) is 1. The molecule has 5 heterocycles. The van der Waals surface area contributed by atoms with E-state index in [0.717, 1.165) is 0 Å². The molecule has 1 amide bonds. The van der Waals surface area contributed by atoms with Crippen molar-refractivity contribution in [2.45, 2.75) is 13.0 Å². The number of hydrogen-bond acceptors (Lipinski definition) is 9. The van der Waals surface area contributed by atoms with E-state index in [1.807, 2.05) is 11.0 Å². The first-order chi connectivity index (χ1) is 16.7. The third-order valence-corrected chi connectivity index (χ3v) is 7.87. The smallest absolute Gasteiger partial charge is 0.259 e. The van der Waals surface area contributed by atoms with Crippen LogP contribution in [0.3, 0.4) is 0 Å². The zero-order valence-electron chi connectivity index (χ0n) is 18.5. The van der Waals surface area contributed by atoms with Gasteiger partial charge in [0, 0.05) is 31.0 Å². The fraction of sp³-hybridized carbons (Fsp3) is 0.286. The summed E-state index contributed by atoms with van der Waals surface area (Å²) < 4.78 is 27.2. The molecule has 0 aliphatic carbocycles. The molecule has 0 aromatic carbocycles. The number of carbonyl (C=O) groups is 1. The molecule has 1 saturated heterocycles. The molecule has 0 spiro atoms. The molecule has 0 bridgehead atoms. The highest BCUT2D eigenvalue weighted by atomic mass is 35.5. The number of nitrogens with zero attached hydrogens (tertiary/aromatic N) is 7. The van der Waals surface area contributed by atoms with E-state index in [1.165, 1.54) is 10.8 Å². The second kappa shape index (κ2) is 8.40. The van der Waals surface area contributed by atoms with Crippen molar-refractivity contribution in [3.63, 3.8) is 0 Å². The molecule has 1 unspecified atom stereocenters. The SMILES string of the molecule is CC(NC(=O)c1c(N)nn2cccnc12)c1cc(Cl)c2c(C#N)ncn2c1N1CCS(=O)(=O)CC1. The number of sulfone groups is 1. The number of anilines is 2. The summed E-state index contributed by atoms with van der Waals surface area (Å²) in [5.74, 6) is 0.141. The average molecular weight is 514 g/mol. The van der Waals surface area contributed by atoms with Crippen LogP contribution in [0.1, 0.15) is 34.6 Å². The number of halogens is 1. The van der Waals surface area contributed by atoms with E-state index in [-0.39, 0.29) is 46.7 Å². The lowest BCUT2D eigenvalue weighted by molar-refractivity contribution is 0.0942. The molecule has 0 radical (unpaired) electrons. The van der Waals surface area contributed by atoms with E-state index < -0.39 is 21.8 Å². The van der Waals surface area contributed by atoms with Gasteiger partial charge in [-0.2, -0.15) is 5.26 Å². The monoisotopic (exact) mass is 513 g/mol. The minimum Gasteiger partial charge on any atom is -0.381 e. The predicted molar refractivity (Wildman–Crippen MR) is 129 cm³/mol. The van der Waals surface area contributed by atoms with Crippen LogP contribution >= 0.6 is 11.6 Å². The topological polar surface area (TPSA) is 164 Å². The Hall–Kier alpha value is -3.89. The molecule has 4 aromatic rings. The van der Waals surface area contributed by atoms with Crippen molar-refractivity contribution in [2.75, 3.05) is 35.2 Å². The van der Waals surface area contributed by atoms with Gasteiger partial charge in [0.1, 0.15) is 29.3 Å². The molecule has 4 aromatic heterocycles. The second-order valence-electron chi connectivity index (χ2n) is 8.18. The van der Waals surface area contributed by atoms with Gasteiger partial charge >= 0.3 is 0 Å². The molecule has 1 aliphatic rings. The molecule has 180 valence electrons. The van der Waals surface area contributed by atoms with Crippen LogP contribution in [-0.2, 0) is 9.84 Å². The average Bonchev–Trinajstić information content (AvgIpc) is 3.40. The van der Waals surface area contributed by atoms with Gasteiger partial charge in [0.2, 0.25) is 0 Å². The van der Waals surface area contributed by atoms with Crippen LogP contribution in [-0.4, -0.2) is 62.9 Å². The molecular formula is C21H20ClN9O3S. The summed E-state index contributed by atoms with van der Waals surface area (Å²) in [5, 5.41) is 16.8. The van der Waals surface area contributed by atoms with Crippen molar-refractivity contribution in [1.29, 1.82) is 5.26 Å². The van der Waals surface area contributed by atoms with Crippen LogP contribution in [0.5, 0.6) is 0 Å². The Balaban J connectivity index is 1.58. The minimum atomic E-state index is -3.14. The van der Waals surface area contributed by atoms with Crippen LogP contribution in [0.15, 0.2) is 30.9 Å². The first-order valence-corrected chi connectivity index (χ1v) is 12.8. The van der Waals surface area contributed by atoms with Gasteiger partial charge in [0.15, 0.2) is 27.0 Å². The minimum absolute atomic E-state index is 0.0122. The number of amides is 1. The van der Waals surface area contributed by atoms with Crippen LogP contribution < -0.4 is 16.0 Å². The lowest BCUT2D eigenvalue weighted by Crippen LogP contribution is -2.42. The number of nitriles is 1. The molecule has 14 heteroatoms. The van der Waals surface area contributed by atoms with Crippen LogP contribution in [0.25, 0.3) is 11.2 Å². The lowest BCUT2D eigenvalue weighted by atomic mass is 10.1. The van der Waals surface area contributed by atoms with Gasteiger partial charge in [-0.05, 0) is 19.1 Å². The number of fused-ring (bicyclic) bond motifs is 2. The van der Waals surface area contributed by atoms with E-state index in [2.05, 4.69) is 20.4 Å². The maximum atomic E-state index is 13.2.